The van der Waals surface area contributed by atoms with E-state index in [1.807, 2.05) is 24.3 Å². The second-order valence-corrected chi connectivity index (χ2v) is 4.27. The zero-order valence-corrected chi connectivity index (χ0v) is 10.6. The second kappa shape index (κ2) is 4.86. The molecule has 0 fully saturated rings. The summed E-state index contributed by atoms with van der Waals surface area (Å²) in [6.07, 6.45) is 5.17. The zero-order chi connectivity index (χ0) is 13.9. The first-order valence-corrected chi connectivity index (χ1v) is 6.04. The highest BCUT2D eigenvalue weighted by molar-refractivity contribution is 5.72. The maximum Gasteiger partial charge on any atom is 0.116 e. The van der Waals surface area contributed by atoms with E-state index in [0.29, 0.717) is 16.9 Å². The summed E-state index contributed by atoms with van der Waals surface area (Å²) < 4.78 is 1.71. The van der Waals surface area contributed by atoms with E-state index in [-0.39, 0.29) is 0 Å². The lowest BCUT2D eigenvalue weighted by molar-refractivity contribution is 0.881. The van der Waals surface area contributed by atoms with Gasteiger partial charge in [-0.3, -0.25) is 4.98 Å². The van der Waals surface area contributed by atoms with Crippen LogP contribution in [0.3, 0.4) is 0 Å². The summed E-state index contributed by atoms with van der Waals surface area (Å²) in [5.74, 6) is 0. The molecule has 0 saturated carbocycles. The van der Waals surface area contributed by atoms with E-state index in [1.54, 1.807) is 35.4 Å². The van der Waals surface area contributed by atoms with Crippen molar-refractivity contribution >= 4 is 5.69 Å². The molecule has 0 unspecified atom stereocenters. The van der Waals surface area contributed by atoms with Gasteiger partial charge in [0.25, 0.3) is 0 Å². The van der Waals surface area contributed by atoms with Crippen molar-refractivity contribution in [2.24, 2.45) is 0 Å². The number of nitriles is 1. The quantitative estimate of drug-likeness (QED) is 0.768. The van der Waals surface area contributed by atoms with Crippen LogP contribution in [0.15, 0.2) is 55.0 Å². The average molecular weight is 261 g/mol. The lowest BCUT2D eigenvalue weighted by Gasteiger charge is -2.00. The van der Waals surface area contributed by atoms with Crippen LogP contribution < -0.4 is 5.73 Å². The topological polar surface area (TPSA) is 80.5 Å². The molecule has 0 aliphatic carbocycles. The Kier molecular flexibility index (Phi) is 2.90. The zero-order valence-electron chi connectivity index (χ0n) is 10.6. The van der Waals surface area contributed by atoms with Crippen LogP contribution in [0.1, 0.15) is 5.56 Å². The maximum atomic E-state index is 8.81. The van der Waals surface area contributed by atoms with Gasteiger partial charge in [-0.05, 0) is 24.3 Å². The van der Waals surface area contributed by atoms with Gasteiger partial charge in [0.15, 0.2) is 0 Å². The van der Waals surface area contributed by atoms with E-state index in [0.717, 1.165) is 11.3 Å². The largest absolute Gasteiger partial charge is 0.396 e. The fraction of sp³-hybridized carbons (Fsp3) is 0. The number of hydrogen-bond donors (Lipinski definition) is 1. The maximum absolute atomic E-state index is 8.81. The van der Waals surface area contributed by atoms with E-state index in [1.165, 1.54) is 0 Å². The fourth-order valence-corrected chi connectivity index (χ4v) is 1.94. The number of hydrogen-bond acceptors (Lipinski definition) is 4. The van der Waals surface area contributed by atoms with Crippen molar-refractivity contribution in [1.29, 1.82) is 5.26 Å². The first-order chi connectivity index (χ1) is 9.78. The average Bonchev–Trinajstić information content (AvgIpc) is 2.90. The molecule has 0 saturated heterocycles. The third-order valence-electron chi connectivity index (χ3n) is 2.96. The van der Waals surface area contributed by atoms with Crippen LogP contribution in [0.25, 0.3) is 16.9 Å². The van der Waals surface area contributed by atoms with Crippen molar-refractivity contribution in [1.82, 2.24) is 14.8 Å². The SMILES string of the molecule is N#Cc1ccc(-c2nn(-c3ccncc3)cc2N)cc1. The number of nitrogens with zero attached hydrogens (tertiary/aromatic N) is 4. The molecule has 2 N–H and O–H groups in total. The Labute approximate surface area is 115 Å². The first-order valence-electron chi connectivity index (χ1n) is 6.04. The van der Waals surface area contributed by atoms with Crippen LogP contribution in [0.4, 0.5) is 5.69 Å². The summed E-state index contributed by atoms with van der Waals surface area (Å²) in [6, 6.07) is 13.0. The van der Waals surface area contributed by atoms with Gasteiger partial charge in [0, 0.05) is 18.0 Å². The molecule has 5 heteroatoms. The van der Waals surface area contributed by atoms with E-state index < -0.39 is 0 Å². The second-order valence-electron chi connectivity index (χ2n) is 4.27. The molecule has 0 bridgehead atoms. The van der Waals surface area contributed by atoms with Gasteiger partial charge in [-0.1, -0.05) is 12.1 Å². The summed E-state index contributed by atoms with van der Waals surface area (Å²) in [6.45, 7) is 0. The molecule has 2 heterocycles. The highest BCUT2D eigenvalue weighted by atomic mass is 15.3. The van der Waals surface area contributed by atoms with Gasteiger partial charge in [-0.15, -0.1) is 0 Å². The number of aromatic nitrogens is 3. The molecule has 3 aromatic rings. The van der Waals surface area contributed by atoms with Crippen molar-refractivity contribution < 1.29 is 0 Å². The molecule has 0 atom stereocenters. The molecular weight excluding hydrogens is 250 g/mol. The van der Waals surface area contributed by atoms with E-state index in [2.05, 4.69) is 16.2 Å². The highest BCUT2D eigenvalue weighted by Crippen LogP contribution is 2.25. The third-order valence-corrected chi connectivity index (χ3v) is 2.96. The minimum absolute atomic E-state index is 0.589. The van der Waals surface area contributed by atoms with Gasteiger partial charge in [0.1, 0.15) is 5.69 Å². The Hall–Kier alpha value is -3.13. The number of rotatable bonds is 2. The standard InChI is InChI=1S/C15H11N5/c16-9-11-1-3-12(4-2-11)15-14(17)10-20(19-15)13-5-7-18-8-6-13/h1-8,10H,17H2. The summed E-state index contributed by atoms with van der Waals surface area (Å²) in [7, 11) is 0. The molecule has 0 aliphatic heterocycles. The molecule has 3 rings (SSSR count). The van der Waals surface area contributed by atoms with Crippen LogP contribution in [0, 0.1) is 11.3 Å². The normalized spacial score (nSPS) is 10.2. The highest BCUT2D eigenvalue weighted by Gasteiger charge is 2.09. The van der Waals surface area contributed by atoms with E-state index in [9.17, 15) is 0 Å². The van der Waals surface area contributed by atoms with Crippen LogP contribution >= 0.6 is 0 Å². The molecule has 0 spiro atoms. The third kappa shape index (κ3) is 2.10. The van der Waals surface area contributed by atoms with Crippen LogP contribution in [-0.2, 0) is 0 Å². The number of benzene rings is 1. The van der Waals surface area contributed by atoms with Gasteiger partial charge in [-0.25, -0.2) is 4.68 Å². The van der Waals surface area contributed by atoms with Crippen molar-refractivity contribution in [3.8, 4) is 23.0 Å². The molecule has 96 valence electrons. The predicted molar refractivity (Wildman–Crippen MR) is 75.9 cm³/mol. The molecule has 0 amide bonds. The molecular formula is C15H11N5. The van der Waals surface area contributed by atoms with Crippen molar-refractivity contribution in [2.75, 3.05) is 5.73 Å². The Balaban J connectivity index is 2.03. The number of nitrogen functional groups attached to an aromatic ring is 1. The van der Waals surface area contributed by atoms with Crippen molar-refractivity contribution in [3.63, 3.8) is 0 Å². The van der Waals surface area contributed by atoms with Gasteiger partial charge < -0.3 is 5.73 Å². The molecule has 20 heavy (non-hydrogen) atoms. The van der Waals surface area contributed by atoms with Gasteiger partial charge >= 0.3 is 0 Å². The van der Waals surface area contributed by atoms with Crippen LogP contribution in [-0.4, -0.2) is 14.8 Å². The minimum atomic E-state index is 0.589. The van der Waals surface area contributed by atoms with Crippen molar-refractivity contribution in [2.45, 2.75) is 0 Å². The van der Waals surface area contributed by atoms with Gasteiger partial charge in [0.2, 0.25) is 0 Å². The summed E-state index contributed by atoms with van der Waals surface area (Å²) in [5.41, 5.74) is 9.70. The van der Waals surface area contributed by atoms with Crippen LogP contribution in [0.2, 0.25) is 0 Å². The summed E-state index contributed by atoms with van der Waals surface area (Å²) in [4.78, 5) is 3.97. The fourth-order valence-electron chi connectivity index (χ4n) is 1.94. The van der Waals surface area contributed by atoms with Crippen LogP contribution in [0.5, 0.6) is 0 Å². The van der Waals surface area contributed by atoms with E-state index >= 15 is 0 Å². The minimum Gasteiger partial charge on any atom is -0.396 e. The molecule has 0 aliphatic rings. The Morgan fingerprint density at radius 1 is 1.05 bits per heavy atom. The Morgan fingerprint density at radius 3 is 2.40 bits per heavy atom. The Morgan fingerprint density at radius 2 is 1.75 bits per heavy atom. The number of nitrogens with two attached hydrogens (primary N) is 1. The lowest BCUT2D eigenvalue weighted by atomic mass is 10.1. The van der Waals surface area contributed by atoms with E-state index in [4.69, 9.17) is 11.0 Å². The number of anilines is 1. The molecule has 5 nitrogen and oxygen atoms in total. The molecule has 0 radical (unpaired) electrons. The monoisotopic (exact) mass is 261 g/mol. The Bertz CT molecular complexity index is 766. The molecule has 2 aromatic heterocycles. The smallest absolute Gasteiger partial charge is 0.116 e. The summed E-state index contributed by atoms with van der Waals surface area (Å²) >= 11 is 0. The first kappa shape index (κ1) is 11.9. The predicted octanol–water partition coefficient (Wildman–Crippen LogP) is 2.39. The van der Waals surface area contributed by atoms with Gasteiger partial charge in [0.05, 0.1) is 29.2 Å². The summed E-state index contributed by atoms with van der Waals surface area (Å²) in [5, 5.41) is 13.3. The van der Waals surface area contributed by atoms with Crippen molar-refractivity contribution in [3.05, 3.63) is 60.6 Å². The number of pyridine rings is 1. The molecule has 1 aromatic carbocycles. The lowest BCUT2D eigenvalue weighted by Crippen LogP contribution is -1.94. The van der Waals surface area contributed by atoms with Gasteiger partial charge in [-0.2, -0.15) is 10.4 Å².